The van der Waals surface area contributed by atoms with Crippen LogP contribution in [0.3, 0.4) is 0 Å². The van der Waals surface area contributed by atoms with E-state index in [1.54, 1.807) is 6.21 Å². The van der Waals surface area contributed by atoms with Crippen LogP contribution in [0.1, 0.15) is 15.2 Å². The lowest BCUT2D eigenvalue weighted by Crippen LogP contribution is -2.25. The van der Waals surface area contributed by atoms with Crippen LogP contribution in [0.4, 0.5) is 10.8 Å². The zero-order valence-electron chi connectivity index (χ0n) is 14.3. The van der Waals surface area contributed by atoms with E-state index < -0.39 is 10.8 Å². The number of para-hydroxylation sites is 1. The predicted molar refractivity (Wildman–Crippen MR) is 111 cm³/mol. The second-order valence-electron chi connectivity index (χ2n) is 5.65. The van der Waals surface area contributed by atoms with Crippen molar-refractivity contribution in [3.8, 4) is 0 Å². The fourth-order valence-electron chi connectivity index (χ4n) is 2.49. The average molecular weight is 408 g/mol. The molecule has 2 aromatic heterocycles. The first kappa shape index (κ1) is 18.0. The van der Waals surface area contributed by atoms with Gasteiger partial charge in [0.05, 0.1) is 21.4 Å². The van der Waals surface area contributed by atoms with Crippen molar-refractivity contribution in [3.63, 3.8) is 0 Å². The van der Waals surface area contributed by atoms with Gasteiger partial charge in [-0.15, -0.1) is 11.3 Å². The van der Waals surface area contributed by atoms with Gasteiger partial charge in [0.1, 0.15) is 0 Å². The summed E-state index contributed by atoms with van der Waals surface area (Å²) in [5.41, 5.74) is 0.764. The van der Waals surface area contributed by atoms with Crippen molar-refractivity contribution in [2.45, 2.75) is 0 Å². The highest BCUT2D eigenvalue weighted by Crippen LogP contribution is 2.30. The number of hydrazone groups is 1. The number of hydrogen-bond acceptors (Lipinski definition) is 7. The highest BCUT2D eigenvalue weighted by Gasteiger charge is 2.22. The normalized spacial score (nSPS) is 11.1. The topological polar surface area (TPSA) is 88.7 Å². The summed E-state index contributed by atoms with van der Waals surface area (Å²) in [6.07, 6.45) is 1.58. The van der Waals surface area contributed by atoms with Crippen LogP contribution in [-0.2, 0) is 0 Å². The molecule has 0 aliphatic carbocycles. The van der Waals surface area contributed by atoms with Crippen molar-refractivity contribution >= 4 is 55.8 Å². The molecular formula is C19H12N4O3S2. The van der Waals surface area contributed by atoms with Crippen molar-refractivity contribution in [3.05, 3.63) is 86.6 Å². The van der Waals surface area contributed by atoms with E-state index in [0.717, 1.165) is 15.1 Å². The Hall–Kier alpha value is -3.43. The molecule has 0 N–H and O–H groups in total. The number of nitro benzene ring substituents is 1. The summed E-state index contributed by atoms with van der Waals surface area (Å²) in [7, 11) is 0. The van der Waals surface area contributed by atoms with Gasteiger partial charge in [0.15, 0.2) is 0 Å². The summed E-state index contributed by atoms with van der Waals surface area (Å²) in [6.45, 7) is 0. The highest BCUT2D eigenvalue weighted by molar-refractivity contribution is 7.22. The van der Waals surface area contributed by atoms with Gasteiger partial charge in [0.2, 0.25) is 5.13 Å². The lowest BCUT2D eigenvalue weighted by molar-refractivity contribution is -0.384. The second-order valence-corrected chi connectivity index (χ2v) is 7.64. The van der Waals surface area contributed by atoms with Gasteiger partial charge < -0.3 is 0 Å². The minimum Gasteiger partial charge on any atom is -0.267 e. The second kappa shape index (κ2) is 7.67. The SMILES string of the molecule is O=C(c1cccc([N+](=O)[O-])c1)N(/N=C\c1cccs1)c1nc2ccccc2s1. The Labute approximate surface area is 167 Å². The lowest BCUT2D eigenvalue weighted by atomic mass is 10.2. The summed E-state index contributed by atoms with van der Waals surface area (Å²) in [6, 6.07) is 16.9. The number of non-ortho nitro benzene ring substituents is 1. The lowest BCUT2D eigenvalue weighted by Gasteiger charge is -2.13. The molecule has 0 atom stereocenters. The van der Waals surface area contributed by atoms with E-state index >= 15 is 0 Å². The van der Waals surface area contributed by atoms with Crippen LogP contribution >= 0.6 is 22.7 Å². The number of aromatic nitrogens is 1. The Morgan fingerprint density at radius 3 is 2.75 bits per heavy atom. The van der Waals surface area contributed by atoms with E-state index in [4.69, 9.17) is 0 Å². The van der Waals surface area contributed by atoms with Crippen LogP contribution in [0.15, 0.2) is 71.1 Å². The molecule has 4 rings (SSSR count). The molecule has 9 heteroatoms. The molecule has 138 valence electrons. The van der Waals surface area contributed by atoms with Gasteiger partial charge in [-0.1, -0.05) is 35.6 Å². The molecule has 2 heterocycles. The van der Waals surface area contributed by atoms with Crippen LogP contribution in [0.25, 0.3) is 10.2 Å². The fourth-order valence-corrected chi connectivity index (χ4v) is 3.99. The molecule has 7 nitrogen and oxygen atoms in total. The summed E-state index contributed by atoms with van der Waals surface area (Å²) in [5, 5.41) is 18.9. The Morgan fingerprint density at radius 1 is 1.14 bits per heavy atom. The summed E-state index contributed by atoms with van der Waals surface area (Å²) in [4.78, 5) is 29.0. The number of nitro groups is 1. The average Bonchev–Trinajstić information content (AvgIpc) is 3.37. The molecule has 0 fully saturated rings. The van der Waals surface area contributed by atoms with Crippen molar-refractivity contribution in [1.82, 2.24) is 4.98 Å². The van der Waals surface area contributed by atoms with E-state index in [-0.39, 0.29) is 11.3 Å². The number of benzene rings is 2. The first-order valence-corrected chi connectivity index (χ1v) is 9.83. The molecule has 0 radical (unpaired) electrons. The maximum Gasteiger partial charge on any atom is 0.281 e. The van der Waals surface area contributed by atoms with E-state index in [0.29, 0.717) is 5.13 Å². The molecule has 0 aliphatic rings. The number of thiazole rings is 1. The smallest absolute Gasteiger partial charge is 0.267 e. The first-order valence-electron chi connectivity index (χ1n) is 8.14. The van der Waals surface area contributed by atoms with Gasteiger partial charge in [0, 0.05) is 22.6 Å². The van der Waals surface area contributed by atoms with Crippen LogP contribution in [0.5, 0.6) is 0 Å². The molecule has 28 heavy (non-hydrogen) atoms. The third-order valence-corrected chi connectivity index (χ3v) is 5.62. The molecule has 0 aliphatic heterocycles. The third-order valence-electron chi connectivity index (χ3n) is 3.80. The van der Waals surface area contributed by atoms with E-state index in [9.17, 15) is 14.9 Å². The number of carbonyl (C=O) groups excluding carboxylic acids is 1. The predicted octanol–water partition coefficient (Wildman–Crippen LogP) is 4.95. The van der Waals surface area contributed by atoms with Gasteiger partial charge in [-0.05, 0) is 29.6 Å². The van der Waals surface area contributed by atoms with Crippen LogP contribution in [0, 0.1) is 10.1 Å². The van der Waals surface area contributed by atoms with Crippen LogP contribution in [-0.4, -0.2) is 22.0 Å². The van der Waals surface area contributed by atoms with Crippen molar-refractivity contribution < 1.29 is 9.72 Å². The maximum absolute atomic E-state index is 13.1. The monoisotopic (exact) mass is 408 g/mol. The minimum atomic E-state index is -0.534. The highest BCUT2D eigenvalue weighted by atomic mass is 32.1. The molecule has 0 unspecified atom stereocenters. The van der Waals surface area contributed by atoms with E-state index in [2.05, 4.69) is 10.1 Å². The first-order chi connectivity index (χ1) is 13.6. The number of rotatable bonds is 5. The molecule has 0 bridgehead atoms. The molecule has 4 aromatic rings. The third kappa shape index (κ3) is 3.66. The van der Waals surface area contributed by atoms with Crippen LogP contribution < -0.4 is 5.01 Å². The Balaban J connectivity index is 1.76. The van der Waals surface area contributed by atoms with Gasteiger partial charge >= 0.3 is 0 Å². The molecule has 0 saturated heterocycles. The zero-order valence-corrected chi connectivity index (χ0v) is 15.9. The zero-order chi connectivity index (χ0) is 19.5. The Kier molecular flexibility index (Phi) is 4.92. The standard InChI is InChI=1S/C19H12N4O3S2/c24-18(13-5-3-6-14(11-13)23(25)26)22(20-12-15-7-4-10-27-15)19-21-16-8-1-2-9-17(16)28-19/h1-12H/b20-12-. The molecular weight excluding hydrogens is 396 g/mol. The van der Waals surface area contributed by atoms with Gasteiger partial charge in [-0.25, -0.2) is 4.98 Å². The number of carbonyl (C=O) groups is 1. The Bertz CT molecular complexity index is 1150. The molecule has 0 saturated carbocycles. The summed E-state index contributed by atoms with van der Waals surface area (Å²) < 4.78 is 0.917. The Morgan fingerprint density at radius 2 is 2.00 bits per heavy atom. The van der Waals surface area contributed by atoms with Gasteiger partial charge in [-0.2, -0.15) is 10.1 Å². The number of amides is 1. The number of anilines is 1. The minimum absolute atomic E-state index is 0.155. The molecule has 1 amide bonds. The largest absolute Gasteiger partial charge is 0.281 e. The summed E-state index contributed by atoms with van der Waals surface area (Å²) in [5.74, 6) is -0.490. The molecule has 0 spiro atoms. The van der Waals surface area contributed by atoms with Crippen molar-refractivity contribution in [1.29, 1.82) is 0 Å². The number of thiophene rings is 1. The van der Waals surface area contributed by atoms with Crippen molar-refractivity contribution in [2.75, 3.05) is 5.01 Å². The number of hydrogen-bond donors (Lipinski definition) is 0. The number of fused-ring (bicyclic) bond motifs is 1. The quantitative estimate of drug-likeness (QED) is 0.266. The fraction of sp³-hybridized carbons (Fsp3) is 0. The van der Waals surface area contributed by atoms with E-state index in [1.807, 2.05) is 41.8 Å². The summed E-state index contributed by atoms with van der Waals surface area (Å²) >= 11 is 2.81. The number of nitrogens with zero attached hydrogens (tertiary/aromatic N) is 4. The van der Waals surface area contributed by atoms with Crippen LogP contribution in [0.2, 0.25) is 0 Å². The maximum atomic E-state index is 13.1. The van der Waals surface area contributed by atoms with Crippen molar-refractivity contribution in [2.24, 2.45) is 5.10 Å². The van der Waals surface area contributed by atoms with Gasteiger partial charge in [0.25, 0.3) is 11.6 Å². The van der Waals surface area contributed by atoms with E-state index in [1.165, 1.54) is 51.9 Å². The van der Waals surface area contributed by atoms with Gasteiger partial charge in [-0.3, -0.25) is 14.9 Å². The molecule has 2 aromatic carbocycles.